The molecule has 6 rings (SSSR count). The Labute approximate surface area is 222 Å². The fourth-order valence-electron chi connectivity index (χ4n) is 4.98. The summed E-state index contributed by atoms with van der Waals surface area (Å²) in [4.78, 5) is 21.9. The summed E-state index contributed by atoms with van der Waals surface area (Å²) in [6, 6.07) is 6.67. The predicted octanol–water partition coefficient (Wildman–Crippen LogP) is 4.44. The lowest BCUT2D eigenvalue weighted by molar-refractivity contribution is -0.402. The molecule has 2 fully saturated rings. The third-order valence-corrected chi connectivity index (χ3v) is 7.02. The number of nitro groups is 1. The van der Waals surface area contributed by atoms with Crippen molar-refractivity contribution >= 4 is 22.6 Å². The monoisotopic (exact) mass is 538 g/mol. The molecule has 39 heavy (non-hydrogen) atoms. The average Bonchev–Trinajstić information content (AvgIpc) is 3.62. The Hall–Kier alpha value is -4.26. The van der Waals surface area contributed by atoms with Crippen LogP contribution in [0.4, 0.5) is 16.1 Å². The van der Waals surface area contributed by atoms with E-state index in [2.05, 4.69) is 15.0 Å². The Bertz CT molecular complexity index is 1460. The fraction of sp³-hybridized carbons (Fsp3) is 0.423. The molecule has 0 radical (unpaired) electrons. The molecule has 0 unspecified atom stereocenters. The zero-order chi connectivity index (χ0) is 26.8. The summed E-state index contributed by atoms with van der Waals surface area (Å²) >= 11 is 0. The lowest BCUT2D eigenvalue weighted by Crippen LogP contribution is -2.36. The number of anilines is 1. The van der Waals surface area contributed by atoms with E-state index in [1.54, 1.807) is 10.9 Å². The molecule has 1 saturated carbocycles. The first kappa shape index (κ1) is 25.0. The van der Waals surface area contributed by atoms with Gasteiger partial charge in [0.1, 0.15) is 35.0 Å². The summed E-state index contributed by atoms with van der Waals surface area (Å²) in [5.74, 6) is 1.34. The molecule has 0 N–H and O–H groups in total. The average molecular weight is 539 g/mol. The first-order valence-electron chi connectivity index (χ1n) is 12.9. The Balaban J connectivity index is 1.22. The molecule has 12 nitrogen and oxygen atoms in total. The van der Waals surface area contributed by atoms with Crippen LogP contribution in [0.1, 0.15) is 37.5 Å². The predicted molar refractivity (Wildman–Crippen MR) is 136 cm³/mol. The van der Waals surface area contributed by atoms with E-state index in [0.29, 0.717) is 41.5 Å². The highest BCUT2D eigenvalue weighted by atomic mass is 19.1. The topological polar surface area (TPSA) is 131 Å². The van der Waals surface area contributed by atoms with Crippen molar-refractivity contribution in [2.45, 2.75) is 44.4 Å². The van der Waals surface area contributed by atoms with Gasteiger partial charge in [-0.1, -0.05) is 0 Å². The number of halogens is 1. The van der Waals surface area contributed by atoms with E-state index in [-0.39, 0.29) is 30.5 Å². The van der Waals surface area contributed by atoms with Gasteiger partial charge in [-0.05, 0) is 37.8 Å². The van der Waals surface area contributed by atoms with Crippen LogP contribution in [0.25, 0.3) is 10.9 Å². The highest BCUT2D eigenvalue weighted by Crippen LogP contribution is 2.35. The molecule has 1 aliphatic carbocycles. The Morgan fingerprint density at radius 1 is 1.13 bits per heavy atom. The van der Waals surface area contributed by atoms with E-state index in [4.69, 9.17) is 23.6 Å². The number of rotatable bonds is 8. The molecule has 0 bridgehead atoms. The third kappa shape index (κ3) is 5.62. The van der Waals surface area contributed by atoms with Gasteiger partial charge in [-0.2, -0.15) is 10.1 Å². The molecule has 4 aromatic rings. The molecule has 13 heteroatoms. The Morgan fingerprint density at radius 2 is 1.95 bits per heavy atom. The van der Waals surface area contributed by atoms with Crippen LogP contribution in [-0.4, -0.2) is 57.1 Å². The van der Waals surface area contributed by atoms with E-state index in [0.717, 1.165) is 44.6 Å². The summed E-state index contributed by atoms with van der Waals surface area (Å²) < 4.78 is 38.1. The standard InChI is InChI=1S/C26H27FN6O6/c27-17-13-29-32(15-17)18-1-3-19(4-2-18)39-26-22-11-21(37-16-20-5-6-25(38-20)33(34)35)14-28-23(22)12-24(30-26)31-7-9-36-10-8-31/h5-6,11-15,18-19H,1-4,7-10,16H2/t18-,19+. The van der Waals surface area contributed by atoms with Crippen LogP contribution in [0.5, 0.6) is 11.6 Å². The van der Waals surface area contributed by atoms with Crippen molar-refractivity contribution in [2.75, 3.05) is 31.2 Å². The quantitative estimate of drug-likeness (QED) is 0.234. The number of furan rings is 1. The van der Waals surface area contributed by atoms with Gasteiger partial charge in [-0.3, -0.25) is 19.8 Å². The summed E-state index contributed by atoms with van der Waals surface area (Å²) in [6.45, 7) is 2.70. The minimum absolute atomic E-state index is 0.00848. The molecule has 1 aliphatic heterocycles. The van der Waals surface area contributed by atoms with Gasteiger partial charge in [0.15, 0.2) is 5.82 Å². The van der Waals surface area contributed by atoms with Gasteiger partial charge in [0, 0.05) is 19.2 Å². The number of hydrogen-bond acceptors (Lipinski definition) is 10. The summed E-state index contributed by atoms with van der Waals surface area (Å²) in [6.07, 6.45) is 7.38. The number of nitrogens with zero attached hydrogens (tertiary/aromatic N) is 6. The molecular weight excluding hydrogens is 511 g/mol. The Morgan fingerprint density at radius 3 is 2.67 bits per heavy atom. The minimum atomic E-state index is -0.594. The van der Waals surface area contributed by atoms with E-state index in [9.17, 15) is 14.5 Å². The van der Waals surface area contributed by atoms with Crippen molar-refractivity contribution in [2.24, 2.45) is 0 Å². The summed E-state index contributed by atoms with van der Waals surface area (Å²) in [5.41, 5.74) is 0.711. The van der Waals surface area contributed by atoms with Crippen LogP contribution in [0, 0.1) is 15.9 Å². The highest BCUT2D eigenvalue weighted by Gasteiger charge is 2.26. The van der Waals surface area contributed by atoms with Gasteiger partial charge in [0.05, 0.1) is 54.8 Å². The van der Waals surface area contributed by atoms with Crippen LogP contribution in [0.15, 0.2) is 47.3 Å². The SMILES string of the molecule is O=[N+]([O-])c1ccc(COc2cnc3cc(N4CCOCC4)nc(O[C@H]4CC[C@@H](n5cc(F)cn5)CC4)c3c2)o1. The van der Waals surface area contributed by atoms with Gasteiger partial charge in [-0.15, -0.1) is 0 Å². The van der Waals surface area contributed by atoms with Crippen molar-refractivity contribution in [3.05, 3.63) is 64.5 Å². The smallest absolute Gasteiger partial charge is 0.433 e. The number of morpholine rings is 1. The van der Waals surface area contributed by atoms with E-state index in [1.807, 2.05) is 12.1 Å². The van der Waals surface area contributed by atoms with Gasteiger partial charge in [0.25, 0.3) is 0 Å². The molecule has 0 aromatic carbocycles. The lowest BCUT2D eigenvalue weighted by atomic mass is 9.93. The van der Waals surface area contributed by atoms with Gasteiger partial charge in [-0.25, -0.2) is 4.39 Å². The first-order valence-corrected chi connectivity index (χ1v) is 12.9. The van der Waals surface area contributed by atoms with Gasteiger partial charge < -0.3 is 23.5 Å². The van der Waals surface area contributed by atoms with Crippen LogP contribution < -0.4 is 14.4 Å². The van der Waals surface area contributed by atoms with Crippen molar-refractivity contribution < 1.29 is 27.9 Å². The number of ether oxygens (including phenoxy) is 3. The van der Waals surface area contributed by atoms with Crippen LogP contribution >= 0.6 is 0 Å². The molecule has 1 saturated heterocycles. The largest absolute Gasteiger partial charge is 0.484 e. The fourth-order valence-corrected chi connectivity index (χ4v) is 4.98. The second kappa shape index (κ2) is 10.8. The van der Waals surface area contributed by atoms with Crippen LogP contribution in [-0.2, 0) is 11.3 Å². The molecular formula is C26H27FN6O6. The molecule has 2 aliphatic rings. The zero-order valence-corrected chi connectivity index (χ0v) is 21.1. The van der Waals surface area contributed by atoms with E-state index in [1.165, 1.54) is 24.5 Å². The van der Waals surface area contributed by atoms with Crippen molar-refractivity contribution in [3.63, 3.8) is 0 Å². The first-order chi connectivity index (χ1) is 19.0. The van der Waals surface area contributed by atoms with Crippen LogP contribution in [0.3, 0.4) is 0 Å². The number of fused-ring (bicyclic) bond motifs is 1. The lowest BCUT2D eigenvalue weighted by Gasteiger charge is -2.30. The van der Waals surface area contributed by atoms with E-state index < -0.39 is 4.92 Å². The highest BCUT2D eigenvalue weighted by molar-refractivity contribution is 5.87. The Kier molecular flexibility index (Phi) is 6.97. The molecule has 0 spiro atoms. The van der Waals surface area contributed by atoms with Crippen molar-refractivity contribution in [3.8, 4) is 11.6 Å². The maximum absolute atomic E-state index is 13.4. The number of pyridine rings is 2. The number of aromatic nitrogens is 4. The molecule has 204 valence electrons. The number of hydrogen-bond donors (Lipinski definition) is 0. The van der Waals surface area contributed by atoms with Crippen molar-refractivity contribution in [1.82, 2.24) is 19.7 Å². The van der Waals surface area contributed by atoms with Gasteiger partial charge in [0.2, 0.25) is 5.88 Å². The maximum Gasteiger partial charge on any atom is 0.433 e. The minimum Gasteiger partial charge on any atom is -0.484 e. The zero-order valence-electron chi connectivity index (χ0n) is 21.1. The van der Waals surface area contributed by atoms with Gasteiger partial charge >= 0.3 is 5.88 Å². The second-order valence-electron chi connectivity index (χ2n) is 9.60. The van der Waals surface area contributed by atoms with Crippen molar-refractivity contribution in [1.29, 1.82) is 0 Å². The normalized spacial score (nSPS) is 19.8. The molecule has 5 heterocycles. The molecule has 4 aromatic heterocycles. The maximum atomic E-state index is 13.4. The van der Waals surface area contributed by atoms with Crippen LogP contribution in [0.2, 0.25) is 0 Å². The second-order valence-corrected chi connectivity index (χ2v) is 9.60. The summed E-state index contributed by atoms with van der Waals surface area (Å²) in [5, 5.41) is 15.7. The third-order valence-electron chi connectivity index (χ3n) is 7.02. The molecule has 0 atom stereocenters. The summed E-state index contributed by atoms with van der Waals surface area (Å²) in [7, 11) is 0. The van der Waals surface area contributed by atoms with E-state index >= 15 is 0 Å². The molecule has 0 amide bonds.